The third kappa shape index (κ3) is 5.43. The van der Waals surface area contributed by atoms with Gasteiger partial charge in [-0.3, -0.25) is 4.79 Å². The summed E-state index contributed by atoms with van der Waals surface area (Å²) in [6.45, 7) is 6.88. The van der Waals surface area contributed by atoms with Crippen LogP contribution in [0.2, 0.25) is 0 Å². The van der Waals surface area contributed by atoms with Crippen molar-refractivity contribution in [3.8, 4) is 0 Å². The predicted octanol–water partition coefficient (Wildman–Crippen LogP) is 4.62. The van der Waals surface area contributed by atoms with Crippen molar-refractivity contribution >= 4 is 5.91 Å². The molecule has 0 radical (unpaired) electrons. The molecule has 2 rings (SSSR count). The first-order valence-corrected chi connectivity index (χ1v) is 9.56. The van der Waals surface area contributed by atoms with Crippen molar-refractivity contribution in [2.45, 2.75) is 52.1 Å². The lowest BCUT2D eigenvalue weighted by atomic mass is 9.85. The molecule has 2 aromatic carbocycles. The Bertz CT molecular complexity index is 650. The topological polar surface area (TPSA) is 40.5 Å². The van der Waals surface area contributed by atoms with E-state index < -0.39 is 0 Å². The molecule has 0 aliphatic carbocycles. The molecule has 0 aliphatic rings. The highest BCUT2D eigenvalue weighted by atomic mass is 16.3. The van der Waals surface area contributed by atoms with Gasteiger partial charge in [-0.05, 0) is 29.4 Å². The van der Waals surface area contributed by atoms with Gasteiger partial charge in [-0.15, -0.1) is 0 Å². The molecule has 0 spiro atoms. The SMILES string of the molecule is CC[C@H](CO)N(Cc1ccccc1)C(=O)C[C@H](c1ccccc1)C(C)C. The van der Waals surface area contributed by atoms with Crippen LogP contribution in [0.5, 0.6) is 0 Å². The lowest BCUT2D eigenvalue weighted by Gasteiger charge is -2.32. The van der Waals surface area contributed by atoms with E-state index in [1.54, 1.807) is 0 Å². The number of aliphatic hydroxyl groups is 1. The summed E-state index contributed by atoms with van der Waals surface area (Å²) in [6, 6.07) is 20.1. The maximum Gasteiger partial charge on any atom is 0.223 e. The lowest BCUT2D eigenvalue weighted by Crippen LogP contribution is -2.42. The number of hydrogen-bond donors (Lipinski definition) is 1. The highest BCUT2D eigenvalue weighted by molar-refractivity contribution is 5.77. The van der Waals surface area contributed by atoms with Crippen molar-refractivity contribution in [2.75, 3.05) is 6.61 Å². The molecule has 140 valence electrons. The molecule has 2 aromatic rings. The first-order valence-electron chi connectivity index (χ1n) is 9.56. The summed E-state index contributed by atoms with van der Waals surface area (Å²) in [4.78, 5) is 15.1. The quantitative estimate of drug-likeness (QED) is 0.715. The zero-order valence-electron chi connectivity index (χ0n) is 16.1. The molecule has 0 saturated carbocycles. The Morgan fingerprint density at radius 1 is 1.00 bits per heavy atom. The second-order valence-corrected chi connectivity index (χ2v) is 7.22. The van der Waals surface area contributed by atoms with Crippen molar-refractivity contribution in [3.63, 3.8) is 0 Å². The van der Waals surface area contributed by atoms with Crippen LogP contribution in [0, 0.1) is 5.92 Å². The third-order valence-electron chi connectivity index (χ3n) is 5.07. The van der Waals surface area contributed by atoms with Crippen LogP contribution in [0.15, 0.2) is 60.7 Å². The van der Waals surface area contributed by atoms with E-state index in [-0.39, 0.29) is 24.5 Å². The fourth-order valence-electron chi connectivity index (χ4n) is 3.39. The molecule has 2 atom stereocenters. The van der Waals surface area contributed by atoms with Gasteiger partial charge in [0.25, 0.3) is 0 Å². The number of nitrogens with zero attached hydrogens (tertiary/aromatic N) is 1. The summed E-state index contributed by atoms with van der Waals surface area (Å²) in [5.41, 5.74) is 2.29. The zero-order chi connectivity index (χ0) is 18.9. The van der Waals surface area contributed by atoms with Gasteiger partial charge < -0.3 is 10.0 Å². The van der Waals surface area contributed by atoms with Crippen molar-refractivity contribution in [2.24, 2.45) is 5.92 Å². The molecule has 0 aliphatic heterocycles. The Morgan fingerprint density at radius 3 is 2.08 bits per heavy atom. The van der Waals surface area contributed by atoms with Crippen LogP contribution in [-0.2, 0) is 11.3 Å². The molecule has 0 aromatic heterocycles. The molecule has 3 nitrogen and oxygen atoms in total. The van der Waals surface area contributed by atoms with Crippen LogP contribution in [0.4, 0.5) is 0 Å². The van der Waals surface area contributed by atoms with E-state index in [9.17, 15) is 9.90 Å². The molecule has 0 unspecified atom stereocenters. The van der Waals surface area contributed by atoms with Crippen LogP contribution in [-0.4, -0.2) is 28.6 Å². The largest absolute Gasteiger partial charge is 0.394 e. The third-order valence-corrected chi connectivity index (χ3v) is 5.07. The van der Waals surface area contributed by atoms with Gasteiger partial charge in [-0.2, -0.15) is 0 Å². The maximum absolute atomic E-state index is 13.2. The Labute approximate surface area is 157 Å². The van der Waals surface area contributed by atoms with Crippen LogP contribution in [0.1, 0.15) is 50.7 Å². The molecule has 1 N–H and O–H groups in total. The molecule has 0 fully saturated rings. The van der Waals surface area contributed by atoms with E-state index in [4.69, 9.17) is 0 Å². The van der Waals surface area contributed by atoms with Gasteiger partial charge in [-0.1, -0.05) is 81.4 Å². The van der Waals surface area contributed by atoms with Gasteiger partial charge in [0, 0.05) is 13.0 Å². The molecular formula is C23H31NO2. The minimum absolute atomic E-state index is 0.00719. The second kappa shape index (κ2) is 10.1. The van der Waals surface area contributed by atoms with Crippen LogP contribution in [0.25, 0.3) is 0 Å². The minimum Gasteiger partial charge on any atom is -0.394 e. The lowest BCUT2D eigenvalue weighted by molar-refractivity contribution is -0.136. The number of carbonyl (C=O) groups is 1. The molecule has 0 heterocycles. The summed E-state index contributed by atoms with van der Waals surface area (Å²) in [5, 5.41) is 9.79. The molecule has 0 bridgehead atoms. The Morgan fingerprint density at radius 2 is 1.58 bits per heavy atom. The van der Waals surface area contributed by atoms with Crippen LogP contribution >= 0.6 is 0 Å². The molecule has 1 amide bonds. The number of aliphatic hydroxyl groups excluding tert-OH is 1. The average Bonchev–Trinajstić information content (AvgIpc) is 2.67. The Balaban J connectivity index is 2.21. The van der Waals surface area contributed by atoms with Crippen molar-refractivity contribution in [1.29, 1.82) is 0 Å². The van der Waals surface area contributed by atoms with Gasteiger partial charge in [0.2, 0.25) is 5.91 Å². The second-order valence-electron chi connectivity index (χ2n) is 7.22. The van der Waals surface area contributed by atoms with Crippen molar-refractivity contribution in [1.82, 2.24) is 4.90 Å². The Kier molecular flexibility index (Phi) is 7.86. The summed E-state index contributed by atoms with van der Waals surface area (Å²) in [6.07, 6.45) is 1.21. The average molecular weight is 354 g/mol. The number of benzene rings is 2. The van der Waals surface area contributed by atoms with Crippen molar-refractivity contribution < 1.29 is 9.90 Å². The van der Waals surface area contributed by atoms with E-state index in [1.165, 1.54) is 5.56 Å². The van der Waals surface area contributed by atoms with E-state index in [0.717, 1.165) is 12.0 Å². The number of amides is 1. The first kappa shape index (κ1) is 20.2. The highest BCUT2D eigenvalue weighted by Gasteiger charge is 2.26. The monoisotopic (exact) mass is 353 g/mol. The van der Waals surface area contributed by atoms with E-state index in [0.29, 0.717) is 18.9 Å². The first-order chi connectivity index (χ1) is 12.6. The van der Waals surface area contributed by atoms with E-state index >= 15 is 0 Å². The summed E-state index contributed by atoms with van der Waals surface area (Å²) in [7, 11) is 0. The van der Waals surface area contributed by atoms with Gasteiger partial charge in [0.15, 0.2) is 0 Å². The minimum atomic E-state index is -0.147. The standard InChI is InChI=1S/C23H31NO2/c1-4-21(17-25)24(16-19-11-7-5-8-12-19)23(26)15-22(18(2)3)20-13-9-6-10-14-20/h5-14,18,21-22,25H,4,15-17H2,1-3H3/t21-,22+/m1/s1. The van der Waals surface area contributed by atoms with Gasteiger partial charge >= 0.3 is 0 Å². The van der Waals surface area contributed by atoms with E-state index in [1.807, 2.05) is 60.4 Å². The zero-order valence-corrected chi connectivity index (χ0v) is 16.1. The predicted molar refractivity (Wildman–Crippen MR) is 107 cm³/mol. The fourth-order valence-corrected chi connectivity index (χ4v) is 3.39. The molecule has 26 heavy (non-hydrogen) atoms. The number of hydrogen-bond acceptors (Lipinski definition) is 2. The fraction of sp³-hybridized carbons (Fsp3) is 0.435. The summed E-state index contributed by atoms with van der Waals surface area (Å²) >= 11 is 0. The van der Waals surface area contributed by atoms with E-state index in [2.05, 4.69) is 26.0 Å². The summed E-state index contributed by atoms with van der Waals surface area (Å²) in [5.74, 6) is 0.657. The number of carbonyl (C=O) groups excluding carboxylic acids is 1. The van der Waals surface area contributed by atoms with Crippen molar-refractivity contribution in [3.05, 3.63) is 71.8 Å². The number of rotatable bonds is 9. The molecule has 0 saturated heterocycles. The molecular weight excluding hydrogens is 322 g/mol. The maximum atomic E-state index is 13.2. The van der Waals surface area contributed by atoms with Gasteiger partial charge in [0.1, 0.15) is 0 Å². The van der Waals surface area contributed by atoms with Gasteiger partial charge in [0.05, 0.1) is 12.6 Å². The normalized spacial score (nSPS) is 13.4. The smallest absolute Gasteiger partial charge is 0.223 e. The highest BCUT2D eigenvalue weighted by Crippen LogP contribution is 2.29. The molecule has 3 heteroatoms. The van der Waals surface area contributed by atoms with Crippen LogP contribution in [0.3, 0.4) is 0 Å². The Hall–Kier alpha value is -2.13. The van der Waals surface area contributed by atoms with Crippen LogP contribution < -0.4 is 0 Å². The van der Waals surface area contributed by atoms with Gasteiger partial charge in [-0.25, -0.2) is 0 Å². The summed E-state index contributed by atoms with van der Waals surface area (Å²) < 4.78 is 0.